The summed E-state index contributed by atoms with van der Waals surface area (Å²) in [6.45, 7) is 1.56. The van der Waals surface area contributed by atoms with Crippen molar-refractivity contribution in [3.05, 3.63) is 65.7 Å². The van der Waals surface area contributed by atoms with Gasteiger partial charge in [-0.15, -0.1) is 0 Å². The number of benzene rings is 2. The van der Waals surface area contributed by atoms with E-state index in [9.17, 15) is 0 Å². The summed E-state index contributed by atoms with van der Waals surface area (Å²) in [5.74, 6) is 0.983. The molecule has 2 aromatic carbocycles. The topological polar surface area (TPSA) is 21.3 Å². The van der Waals surface area contributed by atoms with E-state index in [1.54, 1.807) is 0 Å². The fourth-order valence-corrected chi connectivity index (χ4v) is 1.87. The van der Waals surface area contributed by atoms with Gasteiger partial charge < -0.3 is 10.1 Å². The first kappa shape index (κ1) is 12.7. The van der Waals surface area contributed by atoms with Crippen LogP contribution in [-0.2, 0) is 6.42 Å². The predicted octanol–water partition coefficient (Wildman–Crippen LogP) is 2.88. The van der Waals surface area contributed by atoms with Crippen molar-refractivity contribution in [2.75, 3.05) is 20.2 Å². The number of hydrogen-bond acceptors (Lipinski definition) is 2. The number of rotatable bonds is 6. The van der Waals surface area contributed by atoms with Crippen molar-refractivity contribution in [2.24, 2.45) is 0 Å². The van der Waals surface area contributed by atoms with Crippen molar-refractivity contribution in [1.82, 2.24) is 5.32 Å². The largest absolute Gasteiger partial charge is 0.492 e. The van der Waals surface area contributed by atoms with Crippen LogP contribution in [0.25, 0.3) is 0 Å². The lowest BCUT2D eigenvalue weighted by atomic mass is 10.0. The lowest BCUT2D eigenvalue weighted by molar-refractivity contribution is 0.315. The van der Waals surface area contributed by atoms with Gasteiger partial charge in [0.25, 0.3) is 0 Å². The third-order valence-corrected chi connectivity index (χ3v) is 2.82. The predicted molar refractivity (Wildman–Crippen MR) is 75.1 cm³/mol. The molecule has 0 radical (unpaired) electrons. The molecule has 2 heteroatoms. The van der Waals surface area contributed by atoms with Gasteiger partial charge in [0.05, 0.1) is 0 Å². The van der Waals surface area contributed by atoms with Crippen LogP contribution in [0, 0.1) is 0 Å². The van der Waals surface area contributed by atoms with E-state index in [2.05, 4.69) is 41.7 Å². The monoisotopic (exact) mass is 241 g/mol. The minimum Gasteiger partial charge on any atom is -0.492 e. The highest BCUT2D eigenvalue weighted by atomic mass is 16.5. The molecule has 0 saturated heterocycles. The van der Waals surface area contributed by atoms with Crippen LogP contribution >= 0.6 is 0 Å². The van der Waals surface area contributed by atoms with Gasteiger partial charge in [-0.1, -0.05) is 48.5 Å². The summed E-state index contributed by atoms with van der Waals surface area (Å²) >= 11 is 0. The van der Waals surface area contributed by atoms with Gasteiger partial charge in [0.15, 0.2) is 0 Å². The SMILES string of the molecule is CNCCOc1ccccc1Cc1ccccc1. The van der Waals surface area contributed by atoms with Crippen LogP contribution in [0.5, 0.6) is 5.75 Å². The normalized spacial score (nSPS) is 10.3. The smallest absolute Gasteiger partial charge is 0.122 e. The zero-order valence-corrected chi connectivity index (χ0v) is 10.7. The molecule has 0 fully saturated rings. The number of ether oxygens (including phenoxy) is 1. The average Bonchev–Trinajstić information content (AvgIpc) is 2.42. The maximum atomic E-state index is 5.79. The summed E-state index contributed by atoms with van der Waals surface area (Å²) in [6, 6.07) is 18.7. The van der Waals surface area contributed by atoms with Gasteiger partial charge in [0.2, 0.25) is 0 Å². The fraction of sp³-hybridized carbons (Fsp3) is 0.250. The molecule has 94 valence electrons. The summed E-state index contributed by atoms with van der Waals surface area (Å²) in [4.78, 5) is 0. The fourth-order valence-electron chi connectivity index (χ4n) is 1.87. The molecule has 2 nitrogen and oxygen atoms in total. The Morgan fingerprint density at radius 1 is 0.944 bits per heavy atom. The van der Waals surface area contributed by atoms with Crippen molar-refractivity contribution in [3.63, 3.8) is 0 Å². The molecule has 0 spiro atoms. The average molecular weight is 241 g/mol. The van der Waals surface area contributed by atoms with Crippen molar-refractivity contribution in [3.8, 4) is 5.75 Å². The van der Waals surface area contributed by atoms with Crippen molar-refractivity contribution >= 4 is 0 Å². The Labute approximate surface area is 109 Å². The molecule has 0 aliphatic carbocycles. The summed E-state index contributed by atoms with van der Waals surface area (Å²) in [6.07, 6.45) is 0.913. The maximum absolute atomic E-state index is 5.79. The van der Waals surface area contributed by atoms with Crippen LogP contribution in [-0.4, -0.2) is 20.2 Å². The summed E-state index contributed by atoms with van der Waals surface area (Å²) in [5, 5.41) is 3.08. The van der Waals surface area contributed by atoms with Crippen LogP contribution < -0.4 is 10.1 Å². The molecule has 18 heavy (non-hydrogen) atoms. The Bertz CT molecular complexity index is 468. The number of para-hydroxylation sites is 1. The lowest BCUT2D eigenvalue weighted by Gasteiger charge is -2.11. The summed E-state index contributed by atoms with van der Waals surface area (Å²) < 4.78 is 5.79. The van der Waals surface area contributed by atoms with E-state index in [0.717, 1.165) is 18.7 Å². The third-order valence-electron chi connectivity index (χ3n) is 2.82. The zero-order chi connectivity index (χ0) is 12.6. The molecule has 0 unspecified atom stereocenters. The van der Waals surface area contributed by atoms with Crippen molar-refractivity contribution < 1.29 is 4.74 Å². The molecule has 1 N–H and O–H groups in total. The zero-order valence-electron chi connectivity index (χ0n) is 10.7. The first-order chi connectivity index (χ1) is 8.90. The van der Waals surface area contributed by atoms with E-state index >= 15 is 0 Å². The minimum atomic E-state index is 0.697. The van der Waals surface area contributed by atoms with E-state index in [4.69, 9.17) is 4.74 Å². The van der Waals surface area contributed by atoms with Crippen LogP contribution in [0.1, 0.15) is 11.1 Å². The maximum Gasteiger partial charge on any atom is 0.122 e. The molecular weight excluding hydrogens is 222 g/mol. The van der Waals surface area contributed by atoms with Crippen molar-refractivity contribution in [1.29, 1.82) is 0 Å². The highest BCUT2D eigenvalue weighted by molar-refractivity contribution is 5.37. The first-order valence-electron chi connectivity index (χ1n) is 6.29. The minimum absolute atomic E-state index is 0.697. The van der Waals surface area contributed by atoms with Gasteiger partial charge in [0.1, 0.15) is 12.4 Å². The van der Waals surface area contributed by atoms with Gasteiger partial charge in [-0.25, -0.2) is 0 Å². The molecule has 0 atom stereocenters. The van der Waals surface area contributed by atoms with Gasteiger partial charge >= 0.3 is 0 Å². The Morgan fingerprint density at radius 2 is 1.67 bits per heavy atom. The highest BCUT2D eigenvalue weighted by Crippen LogP contribution is 2.21. The molecule has 2 aromatic rings. The number of nitrogens with one attached hydrogen (secondary N) is 1. The summed E-state index contributed by atoms with van der Waals surface area (Å²) in [7, 11) is 1.93. The van der Waals surface area contributed by atoms with Crippen LogP contribution in [0.4, 0.5) is 0 Å². The Hall–Kier alpha value is -1.80. The molecule has 0 aliphatic rings. The lowest BCUT2D eigenvalue weighted by Crippen LogP contribution is -2.16. The Morgan fingerprint density at radius 3 is 2.44 bits per heavy atom. The molecule has 0 saturated carbocycles. The van der Waals surface area contributed by atoms with Crippen LogP contribution in [0.15, 0.2) is 54.6 Å². The Kier molecular flexibility index (Phi) is 4.79. The molecule has 0 heterocycles. The molecule has 0 bridgehead atoms. The quantitative estimate of drug-likeness (QED) is 0.785. The first-order valence-corrected chi connectivity index (χ1v) is 6.29. The third kappa shape index (κ3) is 3.60. The number of hydrogen-bond donors (Lipinski definition) is 1. The molecule has 0 amide bonds. The van der Waals surface area contributed by atoms with Crippen molar-refractivity contribution in [2.45, 2.75) is 6.42 Å². The molecule has 0 aromatic heterocycles. The van der Waals surface area contributed by atoms with Gasteiger partial charge in [0, 0.05) is 13.0 Å². The van der Waals surface area contributed by atoms with Crippen LogP contribution in [0.3, 0.4) is 0 Å². The van der Waals surface area contributed by atoms with E-state index < -0.39 is 0 Å². The second-order valence-corrected chi connectivity index (χ2v) is 4.22. The highest BCUT2D eigenvalue weighted by Gasteiger charge is 2.03. The second-order valence-electron chi connectivity index (χ2n) is 4.22. The second kappa shape index (κ2) is 6.82. The molecule has 0 aliphatic heterocycles. The van der Waals surface area contributed by atoms with Gasteiger partial charge in [-0.05, 0) is 24.2 Å². The molecular formula is C16H19NO. The Balaban J connectivity index is 2.07. The van der Waals surface area contributed by atoms with Crippen LogP contribution in [0.2, 0.25) is 0 Å². The van der Waals surface area contributed by atoms with Gasteiger partial charge in [-0.3, -0.25) is 0 Å². The standard InChI is InChI=1S/C16H19NO/c1-17-11-12-18-16-10-6-5-9-15(16)13-14-7-3-2-4-8-14/h2-10,17H,11-13H2,1H3. The summed E-state index contributed by atoms with van der Waals surface area (Å²) in [5.41, 5.74) is 2.54. The molecule has 2 rings (SSSR count). The van der Waals surface area contributed by atoms with E-state index in [-0.39, 0.29) is 0 Å². The van der Waals surface area contributed by atoms with E-state index in [1.807, 2.05) is 25.2 Å². The van der Waals surface area contributed by atoms with Gasteiger partial charge in [-0.2, -0.15) is 0 Å². The van der Waals surface area contributed by atoms with E-state index in [0.29, 0.717) is 6.61 Å². The van der Waals surface area contributed by atoms with E-state index in [1.165, 1.54) is 11.1 Å². The number of likely N-dealkylation sites (N-methyl/N-ethyl adjacent to an activating group) is 1.